The number of nitrogens with zero attached hydrogens (tertiary/aromatic N) is 1. The normalized spacial score (nSPS) is 19.7. The van der Waals surface area contributed by atoms with Gasteiger partial charge in [0.05, 0.1) is 5.56 Å². The van der Waals surface area contributed by atoms with Crippen molar-refractivity contribution in [2.45, 2.75) is 19.9 Å². The van der Waals surface area contributed by atoms with Crippen LogP contribution in [0.5, 0.6) is 5.75 Å². The number of amides is 1. The fourth-order valence-electron chi connectivity index (χ4n) is 2.06. The fraction of sp³-hybridized carbons (Fsp3) is 0.385. The van der Waals surface area contributed by atoms with Crippen LogP contribution in [0.1, 0.15) is 29.3 Å². The van der Waals surface area contributed by atoms with Crippen LogP contribution in [0.25, 0.3) is 0 Å². The molecule has 1 aliphatic rings. The van der Waals surface area contributed by atoms with Gasteiger partial charge in [0.2, 0.25) is 5.91 Å². The molecule has 0 spiro atoms. The molecule has 1 saturated heterocycles. The maximum atomic E-state index is 11.7. The Labute approximate surface area is 99.9 Å². The molecule has 1 N–H and O–H groups in total. The van der Waals surface area contributed by atoms with E-state index in [0.29, 0.717) is 12.8 Å². The van der Waals surface area contributed by atoms with Crippen LogP contribution in [0.2, 0.25) is 0 Å². The first kappa shape index (κ1) is 11.6. The highest BCUT2D eigenvalue weighted by molar-refractivity contribution is 5.81. The number of carbonyl (C=O) groups excluding carboxylic acids is 2. The third-order valence-electron chi connectivity index (χ3n) is 3.16. The standard InChI is InChI=1S/C13H15NO3/c1-9-4-5-14(13(9)17)7-10-2-3-11(8-15)12(16)6-10/h2-3,6,8-9,16H,4-5,7H2,1H3/t9-/m1/s1. The molecular formula is C13H15NO3. The first-order valence-electron chi connectivity index (χ1n) is 5.67. The van der Waals surface area contributed by atoms with Crippen molar-refractivity contribution >= 4 is 12.2 Å². The van der Waals surface area contributed by atoms with Crippen molar-refractivity contribution in [2.24, 2.45) is 5.92 Å². The summed E-state index contributed by atoms with van der Waals surface area (Å²) in [5.41, 5.74) is 1.12. The highest BCUT2D eigenvalue weighted by Crippen LogP contribution is 2.22. The number of benzene rings is 1. The molecule has 90 valence electrons. The zero-order chi connectivity index (χ0) is 12.4. The number of likely N-dealkylation sites (tertiary alicyclic amines) is 1. The van der Waals surface area contributed by atoms with E-state index in [4.69, 9.17) is 0 Å². The van der Waals surface area contributed by atoms with E-state index >= 15 is 0 Å². The molecule has 0 aliphatic carbocycles. The first-order valence-corrected chi connectivity index (χ1v) is 5.67. The summed E-state index contributed by atoms with van der Waals surface area (Å²) in [6.45, 7) is 3.18. The Morgan fingerprint density at radius 1 is 1.53 bits per heavy atom. The second-order valence-corrected chi connectivity index (χ2v) is 4.46. The topological polar surface area (TPSA) is 57.6 Å². The SMILES string of the molecule is C[C@@H]1CCN(Cc2ccc(C=O)c(O)c2)C1=O. The van der Waals surface area contributed by atoms with E-state index in [1.807, 2.05) is 6.92 Å². The van der Waals surface area contributed by atoms with Gasteiger partial charge >= 0.3 is 0 Å². The van der Waals surface area contributed by atoms with E-state index in [2.05, 4.69) is 0 Å². The van der Waals surface area contributed by atoms with Crippen LogP contribution < -0.4 is 0 Å². The number of phenolic OH excluding ortho intramolecular Hbond substituents is 1. The highest BCUT2D eigenvalue weighted by atomic mass is 16.3. The summed E-state index contributed by atoms with van der Waals surface area (Å²) in [5, 5.41) is 9.55. The van der Waals surface area contributed by atoms with Gasteiger partial charge in [-0.25, -0.2) is 0 Å². The molecule has 4 heteroatoms. The second kappa shape index (κ2) is 4.57. The van der Waals surface area contributed by atoms with Crippen LogP contribution in [0, 0.1) is 5.92 Å². The minimum Gasteiger partial charge on any atom is -0.507 e. The number of carbonyl (C=O) groups is 2. The molecule has 1 atom stereocenters. The summed E-state index contributed by atoms with van der Waals surface area (Å²) in [4.78, 5) is 24.1. The number of aldehydes is 1. The van der Waals surface area contributed by atoms with Crippen LogP contribution >= 0.6 is 0 Å². The van der Waals surface area contributed by atoms with Crippen LogP contribution in [0.4, 0.5) is 0 Å². The molecule has 0 saturated carbocycles. The lowest BCUT2D eigenvalue weighted by molar-refractivity contribution is -0.131. The molecule has 0 aromatic heterocycles. The monoisotopic (exact) mass is 233 g/mol. The summed E-state index contributed by atoms with van der Waals surface area (Å²) >= 11 is 0. The van der Waals surface area contributed by atoms with Gasteiger partial charge in [-0.1, -0.05) is 13.0 Å². The van der Waals surface area contributed by atoms with Gasteiger partial charge in [-0.05, 0) is 24.1 Å². The van der Waals surface area contributed by atoms with Gasteiger partial charge in [-0.3, -0.25) is 9.59 Å². The maximum absolute atomic E-state index is 11.7. The Bertz CT molecular complexity index is 456. The Morgan fingerprint density at radius 3 is 2.82 bits per heavy atom. The van der Waals surface area contributed by atoms with Crippen molar-refractivity contribution in [2.75, 3.05) is 6.54 Å². The maximum Gasteiger partial charge on any atom is 0.225 e. The van der Waals surface area contributed by atoms with Gasteiger partial charge in [0.15, 0.2) is 6.29 Å². The molecule has 1 aromatic rings. The van der Waals surface area contributed by atoms with Gasteiger partial charge < -0.3 is 10.0 Å². The molecule has 0 bridgehead atoms. The molecule has 17 heavy (non-hydrogen) atoms. The average molecular weight is 233 g/mol. The molecule has 4 nitrogen and oxygen atoms in total. The second-order valence-electron chi connectivity index (χ2n) is 4.46. The van der Waals surface area contributed by atoms with E-state index in [-0.39, 0.29) is 23.1 Å². The number of hydrogen-bond donors (Lipinski definition) is 1. The lowest BCUT2D eigenvalue weighted by atomic mass is 10.1. The quantitative estimate of drug-likeness (QED) is 0.806. The summed E-state index contributed by atoms with van der Waals surface area (Å²) in [7, 11) is 0. The minimum absolute atomic E-state index is 0.0304. The van der Waals surface area contributed by atoms with Crippen molar-refractivity contribution in [3.8, 4) is 5.75 Å². The predicted octanol–water partition coefficient (Wildman–Crippen LogP) is 1.57. The van der Waals surface area contributed by atoms with E-state index in [1.54, 1.807) is 23.1 Å². The van der Waals surface area contributed by atoms with E-state index < -0.39 is 0 Å². The molecule has 1 amide bonds. The third kappa shape index (κ3) is 2.30. The van der Waals surface area contributed by atoms with Crippen LogP contribution in [0.15, 0.2) is 18.2 Å². The van der Waals surface area contributed by atoms with Crippen molar-refractivity contribution in [3.63, 3.8) is 0 Å². The lowest BCUT2D eigenvalue weighted by Crippen LogP contribution is -2.26. The molecule has 1 heterocycles. The third-order valence-corrected chi connectivity index (χ3v) is 3.16. The lowest BCUT2D eigenvalue weighted by Gasteiger charge is -2.16. The summed E-state index contributed by atoms with van der Waals surface area (Å²) in [5.74, 6) is 0.221. The minimum atomic E-state index is -0.0304. The van der Waals surface area contributed by atoms with Crippen molar-refractivity contribution in [3.05, 3.63) is 29.3 Å². The van der Waals surface area contributed by atoms with Crippen LogP contribution in [-0.4, -0.2) is 28.7 Å². The van der Waals surface area contributed by atoms with Gasteiger partial charge in [0.1, 0.15) is 5.75 Å². The Hall–Kier alpha value is -1.84. The zero-order valence-corrected chi connectivity index (χ0v) is 9.72. The number of hydrogen-bond acceptors (Lipinski definition) is 3. The molecule has 1 aliphatic heterocycles. The van der Waals surface area contributed by atoms with E-state index in [1.165, 1.54) is 0 Å². The molecule has 0 unspecified atom stereocenters. The molecule has 1 fully saturated rings. The van der Waals surface area contributed by atoms with Crippen molar-refractivity contribution < 1.29 is 14.7 Å². The average Bonchev–Trinajstić information content (AvgIpc) is 2.61. The first-order chi connectivity index (χ1) is 8.11. The largest absolute Gasteiger partial charge is 0.507 e. The molecule has 2 rings (SSSR count). The van der Waals surface area contributed by atoms with E-state index in [9.17, 15) is 14.7 Å². The Morgan fingerprint density at radius 2 is 2.29 bits per heavy atom. The van der Waals surface area contributed by atoms with Gasteiger partial charge in [-0.2, -0.15) is 0 Å². The summed E-state index contributed by atoms with van der Waals surface area (Å²) in [6, 6.07) is 4.88. The smallest absolute Gasteiger partial charge is 0.225 e. The Kier molecular flexibility index (Phi) is 3.13. The molecule has 0 radical (unpaired) electrons. The Balaban J connectivity index is 2.12. The zero-order valence-electron chi connectivity index (χ0n) is 9.72. The van der Waals surface area contributed by atoms with Crippen molar-refractivity contribution in [1.29, 1.82) is 0 Å². The summed E-state index contributed by atoms with van der Waals surface area (Å²) in [6.07, 6.45) is 1.50. The van der Waals surface area contributed by atoms with Crippen LogP contribution in [-0.2, 0) is 11.3 Å². The van der Waals surface area contributed by atoms with Gasteiger partial charge in [0.25, 0.3) is 0 Å². The van der Waals surface area contributed by atoms with Gasteiger partial charge in [0, 0.05) is 19.0 Å². The predicted molar refractivity (Wildman–Crippen MR) is 62.7 cm³/mol. The van der Waals surface area contributed by atoms with Crippen LogP contribution in [0.3, 0.4) is 0 Å². The fourth-order valence-corrected chi connectivity index (χ4v) is 2.06. The number of rotatable bonds is 3. The van der Waals surface area contributed by atoms with Crippen molar-refractivity contribution in [1.82, 2.24) is 4.90 Å². The number of phenols is 1. The molecular weight excluding hydrogens is 218 g/mol. The highest BCUT2D eigenvalue weighted by Gasteiger charge is 2.27. The van der Waals surface area contributed by atoms with E-state index in [0.717, 1.165) is 18.5 Å². The summed E-state index contributed by atoms with van der Waals surface area (Å²) < 4.78 is 0. The van der Waals surface area contributed by atoms with Gasteiger partial charge in [-0.15, -0.1) is 0 Å². The molecule has 1 aromatic carbocycles. The number of aromatic hydroxyl groups is 1.